The summed E-state index contributed by atoms with van der Waals surface area (Å²) in [6, 6.07) is 6.19. The van der Waals surface area contributed by atoms with E-state index in [4.69, 9.17) is 9.47 Å². The Morgan fingerprint density at radius 1 is 1.36 bits per heavy atom. The van der Waals surface area contributed by atoms with Crippen molar-refractivity contribution < 1.29 is 28.7 Å². The first-order chi connectivity index (χ1) is 11.9. The molecule has 0 unspecified atom stereocenters. The third kappa shape index (κ3) is 3.60. The van der Waals surface area contributed by atoms with E-state index >= 15 is 0 Å². The van der Waals surface area contributed by atoms with Crippen LogP contribution in [0.15, 0.2) is 29.2 Å². The fourth-order valence-electron chi connectivity index (χ4n) is 2.44. The van der Waals surface area contributed by atoms with E-state index in [-0.39, 0.29) is 12.4 Å². The minimum Gasteiger partial charge on any atom is -0.463 e. The van der Waals surface area contributed by atoms with Crippen molar-refractivity contribution in [1.82, 2.24) is 10.6 Å². The number of imide groups is 1. The van der Waals surface area contributed by atoms with Crippen LogP contribution < -0.4 is 10.6 Å². The molecular weight excluding hydrogens is 348 g/mol. The van der Waals surface area contributed by atoms with Crippen LogP contribution in [0.25, 0.3) is 0 Å². The highest BCUT2D eigenvalue weighted by Crippen LogP contribution is 2.28. The molecule has 2 fully saturated rings. The first-order valence-electron chi connectivity index (χ1n) is 7.62. The lowest BCUT2D eigenvalue weighted by Gasteiger charge is -2.20. The van der Waals surface area contributed by atoms with Gasteiger partial charge in [0.2, 0.25) is 6.10 Å². The van der Waals surface area contributed by atoms with Gasteiger partial charge >= 0.3 is 18.0 Å². The Morgan fingerprint density at radius 2 is 2.12 bits per heavy atom. The van der Waals surface area contributed by atoms with Gasteiger partial charge in [0.05, 0.1) is 12.2 Å². The predicted octanol–water partition coefficient (Wildman–Crippen LogP) is 0.849. The molecule has 0 radical (unpaired) electrons. The van der Waals surface area contributed by atoms with Gasteiger partial charge in [-0.2, -0.15) is 0 Å². The summed E-state index contributed by atoms with van der Waals surface area (Å²) in [7, 11) is 0. The summed E-state index contributed by atoms with van der Waals surface area (Å²) in [6.07, 6.45) is -0.549. The zero-order valence-corrected chi connectivity index (χ0v) is 14.2. The average Bonchev–Trinajstić information content (AvgIpc) is 3.08. The number of esters is 2. The summed E-state index contributed by atoms with van der Waals surface area (Å²) in [5.74, 6) is -1.35. The lowest BCUT2D eigenvalue weighted by atomic mass is 10.1. The fourth-order valence-corrected chi connectivity index (χ4v) is 3.57. The Labute approximate surface area is 147 Å². The van der Waals surface area contributed by atoms with Crippen LogP contribution in [0.5, 0.6) is 0 Å². The standard InChI is InChI=1S/C16H16N2O6S/c1-16(14(21)17-15(22)18-16)8-25-11-5-3-2-4-9(11)12(19)24-10-6-7-23-13(10)20/h2-5,10H,6-8H2,1H3,(H2,17,18,21,22)/t10-,16-/m1/s1. The van der Waals surface area contributed by atoms with Crippen molar-refractivity contribution in [2.75, 3.05) is 12.4 Å². The van der Waals surface area contributed by atoms with Gasteiger partial charge in [-0.3, -0.25) is 10.1 Å². The molecule has 8 nitrogen and oxygen atoms in total. The van der Waals surface area contributed by atoms with Crippen LogP contribution in [0, 0.1) is 0 Å². The van der Waals surface area contributed by atoms with Crippen molar-refractivity contribution in [3.8, 4) is 0 Å². The van der Waals surface area contributed by atoms with E-state index in [9.17, 15) is 19.2 Å². The van der Waals surface area contributed by atoms with Crippen molar-refractivity contribution in [2.24, 2.45) is 0 Å². The van der Waals surface area contributed by atoms with Gasteiger partial charge in [-0.1, -0.05) is 12.1 Å². The number of hydrogen-bond donors (Lipinski definition) is 2. The number of ether oxygens (including phenoxy) is 2. The van der Waals surface area contributed by atoms with Gasteiger partial charge in [0.1, 0.15) is 5.54 Å². The minimum atomic E-state index is -1.06. The fraction of sp³-hybridized carbons (Fsp3) is 0.375. The van der Waals surface area contributed by atoms with Crippen LogP contribution >= 0.6 is 11.8 Å². The molecule has 132 valence electrons. The second-order valence-electron chi connectivity index (χ2n) is 5.88. The van der Waals surface area contributed by atoms with Crippen molar-refractivity contribution in [2.45, 2.75) is 29.9 Å². The van der Waals surface area contributed by atoms with E-state index in [1.165, 1.54) is 11.8 Å². The molecule has 2 aliphatic heterocycles. The van der Waals surface area contributed by atoms with Crippen molar-refractivity contribution in [1.29, 1.82) is 0 Å². The molecule has 2 heterocycles. The van der Waals surface area contributed by atoms with E-state index in [1.54, 1.807) is 31.2 Å². The number of amides is 3. The van der Waals surface area contributed by atoms with Gasteiger partial charge in [-0.25, -0.2) is 14.4 Å². The average molecular weight is 364 g/mol. The molecule has 0 saturated carbocycles. The second kappa shape index (κ2) is 6.75. The maximum Gasteiger partial charge on any atom is 0.347 e. The topological polar surface area (TPSA) is 111 Å². The molecule has 0 bridgehead atoms. The Balaban J connectivity index is 1.70. The number of carbonyl (C=O) groups excluding carboxylic acids is 4. The Bertz CT molecular complexity index is 752. The normalized spacial score (nSPS) is 25.3. The Hall–Kier alpha value is -2.55. The molecule has 0 aromatic heterocycles. The van der Waals surface area contributed by atoms with E-state index in [0.29, 0.717) is 16.9 Å². The third-order valence-corrected chi connectivity index (χ3v) is 5.27. The molecule has 2 N–H and O–H groups in total. The molecule has 3 amide bonds. The van der Waals surface area contributed by atoms with Crippen LogP contribution in [0.3, 0.4) is 0 Å². The van der Waals surface area contributed by atoms with Gasteiger partial charge in [0.25, 0.3) is 5.91 Å². The molecule has 0 aliphatic carbocycles. The molecule has 2 aliphatic rings. The number of rotatable bonds is 5. The SMILES string of the molecule is C[C@]1(CSc2ccccc2C(=O)O[C@@H]2CCOC2=O)NC(=O)NC1=O. The highest BCUT2D eigenvalue weighted by Gasteiger charge is 2.42. The third-order valence-electron chi connectivity index (χ3n) is 3.88. The number of thioether (sulfide) groups is 1. The first kappa shape index (κ1) is 17.3. The maximum absolute atomic E-state index is 12.4. The number of benzene rings is 1. The van der Waals surface area contributed by atoms with E-state index in [1.807, 2.05) is 0 Å². The number of urea groups is 1. The predicted molar refractivity (Wildman–Crippen MR) is 87.0 cm³/mol. The lowest BCUT2D eigenvalue weighted by Crippen LogP contribution is -2.46. The Kier molecular flexibility index (Phi) is 4.67. The smallest absolute Gasteiger partial charge is 0.347 e. The van der Waals surface area contributed by atoms with Gasteiger partial charge in [-0.15, -0.1) is 11.8 Å². The summed E-state index contributed by atoms with van der Waals surface area (Å²) < 4.78 is 9.99. The highest BCUT2D eigenvalue weighted by atomic mass is 32.2. The minimum absolute atomic E-state index is 0.236. The largest absolute Gasteiger partial charge is 0.463 e. The van der Waals surface area contributed by atoms with Gasteiger partial charge in [0, 0.05) is 17.1 Å². The van der Waals surface area contributed by atoms with Crippen molar-refractivity contribution >= 4 is 35.6 Å². The van der Waals surface area contributed by atoms with Crippen molar-refractivity contribution in [3.05, 3.63) is 29.8 Å². The van der Waals surface area contributed by atoms with Crippen LogP contribution in [0.1, 0.15) is 23.7 Å². The van der Waals surface area contributed by atoms with Crippen LogP contribution in [0.2, 0.25) is 0 Å². The van der Waals surface area contributed by atoms with Crippen LogP contribution in [-0.2, 0) is 19.1 Å². The number of nitrogens with one attached hydrogen (secondary N) is 2. The molecule has 1 aromatic carbocycles. The second-order valence-corrected chi connectivity index (χ2v) is 6.89. The molecule has 1 aromatic rings. The molecule has 0 spiro atoms. The molecule has 3 rings (SSSR count). The summed E-state index contributed by atoms with van der Waals surface area (Å²) >= 11 is 1.24. The molecule has 9 heteroatoms. The lowest BCUT2D eigenvalue weighted by molar-refractivity contribution is -0.145. The summed E-state index contributed by atoms with van der Waals surface area (Å²) in [6.45, 7) is 1.84. The van der Waals surface area contributed by atoms with E-state index in [0.717, 1.165) is 0 Å². The van der Waals surface area contributed by atoms with Gasteiger partial charge in [0.15, 0.2) is 0 Å². The first-order valence-corrected chi connectivity index (χ1v) is 8.61. The summed E-state index contributed by atoms with van der Waals surface area (Å²) in [5, 5.41) is 4.75. The van der Waals surface area contributed by atoms with Gasteiger partial charge in [-0.05, 0) is 19.1 Å². The number of cyclic esters (lactones) is 1. The number of carbonyl (C=O) groups is 4. The summed E-state index contributed by atoms with van der Waals surface area (Å²) in [5.41, 5.74) is -0.769. The highest BCUT2D eigenvalue weighted by molar-refractivity contribution is 7.99. The van der Waals surface area contributed by atoms with Crippen molar-refractivity contribution in [3.63, 3.8) is 0 Å². The van der Waals surface area contributed by atoms with Crippen LogP contribution in [-0.4, -0.2) is 47.9 Å². The monoisotopic (exact) mass is 364 g/mol. The maximum atomic E-state index is 12.4. The van der Waals surface area contributed by atoms with E-state index in [2.05, 4.69) is 10.6 Å². The number of hydrogen-bond acceptors (Lipinski definition) is 7. The quantitative estimate of drug-likeness (QED) is 0.453. The zero-order chi connectivity index (χ0) is 18.0. The molecular formula is C16H16N2O6S. The van der Waals surface area contributed by atoms with Gasteiger partial charge < -0.3 is 14.8 Å². The molecule has 2 saturated heterocycles. The zero-order valence-electron chi connectivity index (χ0n) is 13.4. The molecule has 25 heavy (non-hydrogen) atoms. The summed E-state index contributed by atoms with van der Waals surface area (Å²) in [4.78, 5) is 47.6. The van der Waals surface area contributed by atoms with E-state index < -0.39 is 35.5 Å². The Morgan fingerprint density at radius 3 is 2.76 bits per heavy atom. The molecule has 2 atom stereocenters. The van der Waals surface area contributed by atoms with Crippen LogP contribution in [0.4, 0.5) is 4.79 Å².